The number of nitrogen functional groups attached to an aromatic ring is 1. The summed E-state index contributed by atoms with van der Waals surface area (Å²) < 4.78 is 0. The van der Waals surface area contributed by atoms with Crippen LogP contribution < -0.4 is 11.1 Å². The Morgan fingerprint density at radius 3 is 2.55 bits per heavy atom. The van der Waals surface area contributed by atoms with Gasteiger partial charge in [0, 0.05) is 18.9 Å². The van der Waals surface area contributed by atoms with Crippen LogP contribution in [0.3, 0.4) is 0 Å². The molecule has 2 amide bonds. The van der Waals surface area contributed by atoms with E-state index >= 15 is 0 Å². The summed E-state index contributed by atoms with van der Waals surface area (Å²) in [5, 5.41) is 3.10. The molecule has 2 aromatic rings. The van der Waals surface area contributed by atoms with Gasteiger partial charge in [-0.15, -0.1) is 0 Å². The molecule has 3 rings (SSSR count). The minimum absolute atomic E-state index is 0.276. The summed E-state index contributed by atoms with van der Waals surface area (Å²) in [6.07, 6.45) is 3.17. The molecule has 0 radical (unpaired) electrons. The molecule has 3 N–H and O–H groups in total. The van der Waals surface area contributed by atoms with E-state index in [0.29, 0.717) is 22.5 Å². The number of carbonyl (C=O) groups is 2. The van der Waals surface area contributed by atoms with E-state index < -0.39 is 0 Å². The molecule has 0 fully saturated rings. The molecule has 1 aromatic carbocycles. The van der Waals surface area contributed by atoms with Crippen LogP contribution in [0.4, 0.5) is 17.1 Å². The van der Waals surface area contributed by atoms with E-state index in [1.165, 1.54) is 7.05 Å². The molecular weight excluding hydrogens is 256 g/mol. The lowest BCUT2D eigenvalue weighted by atomic mass is 10.1. The van der Waals surface area contributed by atoms with Crippen molar-refractivity contribution < 1.29 is 9.59 Å². The Morgan fingerprint density at radius 2 is 1.80 bits per heavy atom. The normalized spacial score (nSPS) is 13.6. The molecule has 0 spiro atoms. The number of nitrogens with two attached hydrogens (primary N) is 1. The number of amides is 2. The zero-order chi connectivity index (χ0) is 14.3. The molecule has 1 aromatic heterocycles. The summed E-state index contributed by atoms with van der Waals surface area (Å²) in [4.78, 5) is 28.8. The van der Waals surface area contributed by atoms with Crippen molar-refractivity contribution in [1.82, 2.24) is 9.88 Å². The van der Waals surface area contributed by atoms with E-state index in [1.807, 2.05) is 0 Å². The standard InChI is InChI=1S/C14H12N4O2/c1-18-13(19)11-3-2-9(5-12(11)14(18)20)17-10-4-8(15)6-16-7-10/h2-7,17H,15H2,1H3. The predicted molar refractivity (Wildman–Crippen MR) is 74.8 cm³/mol. The number of benzene rings is 1. The van der Waals surface area contributed by atoms with E-state index in [-0.39, 0.29) is 11.8 Å². The number of rotatable bonds is 2. The summed E-state index contributed by atoms with van der Waals surface area (Å²) in [6.45, 7) is 0. The van der Waals surface area contributed by atoms with Crippen molar-refractivity contribution in [3.63, 3.8) is 0 Å². The fourth-order valence-corrected chi connectivity index (χ4v) is 2.13. The molecule has 0 saturated carbocycles. The van der Waals surface area contributed by atoms with Crippen molar-refractivity contribution in [3.05, 3.63) is 47.8 Å². The lowest BCUT2D eigenvalue weighted by molar-refractivity contribution is 0.0693. The first-order valence-corrected chi connectivity index (χ1v) is 6.00. The lowest BCUT2D eigenvalue weighted by Crippen LogP contribution is -2.24. The highest BCUT2D eigenvalue weighted by molar-refractivity contribution is 6.21. The number of imide groups is 1. The summed E-state index contributed by atoms with van der Waals surface area (Å²) >= 11 is 0. The van der Waals surface area contributed by atoms with Gasteiger partial charge in [-0.2, -0.15) is 0 Å². The summed E-state index contributed by atoms with van der Waals surface area (Å²) in [6, 6.07) is 6.77. The van der Waals surface area contributed by atoms with Crippen molar-refractivity contribution in [2.75, 3.05) is 18.1 Å². The quantitative estimate of drug-likeness (QED) is 0.808. The van der Waals surface area contributed by atoms with Gasteiger partial charge in [-0.25, -0.2) is 0 Å². The van der Waals surface area contributed by atoms with E-state index in [9.17, 15) is 9.59 Å². The zero-order valence-corrected chi connectivity index (χ0v) is 10.8. The Labute approximate surface area is 115 Å². The van der Waals surface area contributed by atoms with Gasteiger partial charge in [0.05, 0.1) is 28.7 Å². The van der Waals surface area contributed by atoms with Crippen LogP contribution in [-0.4, -0.2) is 28.7 Å². The maximum Gasteiger partial charge on any atom is 0.261 e. The van der Waals surface area contributed by atoms with Gasteiger partial charge >= 0.3 is 0 Å². The molecule has 20 heavy (non-hydrogen) atoms. The highest BCUT2D eigenvalue weighted by Gasteiger charge is 2.32. The third kappa shape index (κ3) is 1.87. The van der Waals surface area contributed by atoms with Gasteiger partial charge in [0.25, 0.3) is 11.8 Å². The van der Waals surface area contributed by atoms with Gasteiger partial charge in [-0.1, -0.05) is 0 Å². The molecule has 0 unspecified atom stereocenters. The van der Waals surface area contributed by atoms with Crippen LogP contribution in [0.25, 0.3) is 0 Å². The number of nitrogens with one attached hydrogen (secondary N) is 1. The first kappa shape index (κ1) is 12.2. The molecule has 0 aliphatic carbocycles. The maximum atomic E-state index is 11.9. The van der Waals surface area contributed by atoms with Crippen molar-refractivity contribution >= 4 is 28.9 Å². The van der Waals surface area contributed by atoms with Crippen molar-refractivity contribution in [2.24, 2.45) is 0 Å². The second kappa shape index (κ2) is 4.34. The van der Waals surface area contributed by atoms with Crippen LogP contribution >= 0.6 is 0 Å². The van der Waals surface area contributed by atoms with Crippen LogP contribution in [-0.2, 0) is 0 Å². The third-order valence-corrected chi connectivity index (χ3v) is 3.14. The average Bonchev–Trinajstić information content (AvgIpc) is 2.64. The van der Waals surface area contributed by atoms with Gasteiger partial charge < -0.3 is 11.1 Å². The number of nitrogens with zero attached hydrogens (tertiary/aromatic N) is 2. The Kier molecular flexibility index (Phi) is 2.64. The minimum atomic E-state index is -0.292. The van der Waals surface area contributed by atoms with Crippen molar-refractivity contribution in [1.29, 1.82) is 0 Å². The second-order valence-electron chi connectivity index (χ2n) is 4.56. The molecule has 2 heterocycles. The van der Waals surface area contributed by atoms with E-state index in [0.717, 1.165) is 10.6 Å². The van der Waals surface area contributed by atoms with Gasteiger partial charge in [0.2, 0.25) is 0 Å². The molecule has 6 nitrogen and oxygen atoms in total. The Morgan fingerprint density at radius 1 is 1.05 bits per heavy atom. The molecular formula is C14H12N4O2. The van der Waals surface area contributed by atoms with Crippen LogP contribution in [0.15, 0.2) is 36.7 Å². The second-order valence-corrected chi connectivity index (χ2v) is 4.56. The monoisotopic (exact) mass is 268 g/mol. The maximum absolute atomic E-state index is 11.9. The molecule has 0 saturated heterocycles. The number of pyridine rings is 1. The third-order valence-electron chi connectivity index (χ3n) is 3.14. The number of carbonyl (C=O) groups excluding carboxylic acids is 2. The molecule has 1 aliphatic heterocycles. The number of hydrogen-bond acceptors (Lipinski definition) is 5. The minimum Gasteiger partial charge on any atom is -0.397 e. The fraction of sp³-hybridized carbons (Fsp3) is 0.0714. The summed E-state index contributed by atoms with van der Waals surface area (Å²) in [5.74, 6) is -0.568. The lowest BCUT2D eigenvalue weighted by Gasteiger charge is -2.07. The molecule has 0 atom stereocenters. The van der Waals surface area contributed by atoms with Crippen LogP contribution in [0.5, 0.6) is 0 Å². The van der Waals surface area contributed by atoms with E-state index in [4.69, 9.17) is 5.73 Å². The van der Waals surface area contributed by atoms with E-state index in [2.05, 4.69) is 10.3 Å². The molecule has 6 heteroatoms. The number of anilines is 3. The predicted octanol–water partition coefficient (Wildman–Crippen LogP) is 1.63. The highest BCUT2D eigenvalue weighted by atomic mass is 16.2. The van der Waals surface area contributed by atoms with Gasteiger partial charge in [0.15, 0.2) is 0 Å². The van der Waals surface area contributed by atoms with Crippen LogP contribution in [0.1, 0.15) is 20.7 Å². The van der Waals surface area contributed by atoms with Gasteiger partial charge in [-0.3, -0.25) is 19.5 Å². The van der Waals surface area contributed by atoms with Gasteiger partial charge in [-0.05, 0) is 24.3 Å². The first-order valence-electron chi connectivity index (χ1n) is 6.00. The summed E-state index contributed by atoms with van der Waals surface area (Å²) in [7, 11) is 1.47. The Bertz CT molecular complexity index is 727. The smallest absolute Gasteiger partial charge is 0.261 e. The van der Waals surface area contributed by atoms with Crippen molar-refractivity contribution in [2.45, 2.75) is 0 Å². The van der Waals surface area contributed by atoms with Crippen molar-refractivity contribution in [3.8, 4) is 0 Å². The molecule has 100 valence electrons. The number of fused-ring (bicyclic) bond motifs is 1. The Balaban J connectivity index is 1.95. The SMILES string of the molecule is CN1C(=O)c2ccc(Nc3cncc(N)c3)cc2C1=O. The zero-order valence-electron chi connectivity index (χ0n) is 10.8. The average molecular weight is 268 g/mol. The first-order chi connectivity index (χ1) is 9.56. The number of aromatic nitrogens is 1. The number of hydrogen-bond donors (Lipinski definition) is 2. The van der Waals surface area contributed by atoms with Crippen LogP contribution in [0.2, 0.25) is 0 Å². The molecule has 1 aliphatic rings. The van der Waals surface area contributed by atoms with E-state index in [1.54, 1.807) is 36.7 Å². The summed E-state index contributed by atoms with van der Waals surface area (Å²) in [5.41, 5.74) is 8.44. The van der Waals surface area contributed by atoms with Crippen LogP contribution in [0, 0.1) is 0 Å². The largest absolute Gasteiger partial charge is 0.397 e. The Hall–Kier alpha value is -2.89. The fourth-order valence-electron chi connectivity index (χ4n) is 2.13. The van der Waals surface area contributed by atoms with Gasteiger partial charge in [0.1, 0.15) is 0 Å². The highest BCUT2D eigenvalue weighted by Crippen LogP contribution is 2.26. The topological polar surface area (TPSA) is 88.3 Å². The molecule has 0 bridgehead atoms.